The van der Waals surface area contributed by atoms with Crippen molar-refractivity contribution >= 4 is 11.7 Å². The molecule has 1 amide bonds. The molecular formula is C11H13N5O. The summed E-state index contributed by atoms with van der Waals surface area (Å²) in [6, 6.07) is 0. The number of nitrogens with zero attached hydrogens (tertiary/aromatic N) is 3. The monoisotopic (exact) mass is 231 g/mol. The molecule has 0 spiro atoms. The van der Waals surface area contributed by atoms with E-state index < -0.39 is 0 Å². The van der Waals surface area contributed by atoms with Crippen LogP contribution in [-0.4, -0.2) is 25.4 Å². The molecule has 0 aliphatic carbocycles. The molecule has 2 aromatic heterocycles. The highest BCUT2D eigenvalue weighted by Gasteiger charge is 2.16. The van der Waals surface area contributed by atoms with E-state index in [2.05, 4.69) is 24.8 Å². The van der Waals surface area contributed by atoms with Crippen molar-refractivity contribution < 1.29 is 4.79 Å². The van der Waals surface area contributed by atoms with E-state index in [0.717, 1.165) is 31.0 Å². The van der Waals surface area contributed by atoms with Crippen LogP contribution >= 0.6 is 0 Å². The van der Waals surface area contributed by atoms with Gasteiger partial charge in [-0.2, -0.15) is 0 Å². The van der Waals surface area contributed by atoms with Gasteiger partial charge in [-0.25, -0.2) is 9.97 Å². The fraction of sp³-hybridized carbons (Fsp3) is 0.364. The van der Waals surface area contributed by atoms with Crippen molar-refractivity contribution in [2.24, 2.45) is 0 Å². The molecule has 1 aliphatic heterocycles. The Hall–Kier alpha value is -2.11. The fourth-order valence-electron chi connectivity index (χ4n) is 2.08. The van der Waals surface area contributed by atoms with Crippen LogP contribution in [0.3, 0.4) is 0 Å². The number of fused-ring (bicyclic) bond motifs is 1. The first-order chi connectivity index (χ1) is 8.34. The number of imidazole rings is 2. The highest BCUT2D eigenvalue weighted by atomic mass is 16.2. The zero-order valence-corrected chi connectivity index (χ0v) is 9.31. The second-order valence-corrected chi connectivity index (χ2v) is 4.06. The van der Waals surface area contributed by atoms with Crippen LogP contribution in [0.25, 0.3) is 0 Å². The molecule has 3 rings (SSSR count). The SMILES string of the molecule is O=C(Nc1cnc2n1CCCC2)c1ncc[nH]1. The maximum atomic E-state index is 11.8. The Balaban J connectivity index is 1.81. The number of nitrogens with one attached hydrogen (secondary N) is 2. The van der Waals surface area contributed by atoms with Gasteiger partial charge in [-0.1, -0.05) is 0 Å². The molecule has 6 heteroatoms. The number of H-pyrrole nitrogens is 1. The van der Waals surface area contributed by atoms with E-state index in [1.165, 1.54) is 6.42 Å². The first-order valence-corrected chi connectivity index (χ1v) is 5.70. The minimum Gasteiger partial charge on any atom is -0.341 e. The summed E-state index contributed by atoms with van der Waals surface area (Å²) in [7, 11) is 0. The zero-order chi connectivity index (χ0) is 11.7. The van der Waals surface area contributed by atoms with Crippen LogP contribution in [0.4, 0.5) is 5.82 Å². The molecule has 0 radical (unpaired) electrons. The zero-order valence-electron chi connectivity index (χ0n) is 9.31. The molecule has 17 heavy (non-hydrogen) atoms. The number of aryl methyl sites for hydroxylation is 1. The lowest BCUT2D eigenvalue weighted by atomic mass is 10.2. The highest BCUT2D eigenvalue weighted by molar-refractivity contribution is 6.00. The average Bonchev–Trinajstić information content (AvgIpc) is 2.98. The van der Waals surface area contributed by atoms with E-state index in [9.17, 15) is 4.79 Å². The first kappa shape index (κ1) is 10.1. The quantitative estimate of drug-likeness (QED) is 0.815. The van der Waals surface area contributed by atoms with Gasteiger partial charge in [-0.3, -0.25) is 4.79 Å². The lowest BCUT2D eigenvalue weighted by Gasteiger charge is -2.16. The third-order valence-electron chi connectivity index (χ3n) is 2.93. The van der Waals surface area contributed by atoms with Crippen molar-refractivity contribution in [2.45, 2.75) is 25.8 Å². The predicted octanol–water partition coefficient (Wildman–Crippen LogP) is 1.19. The van der Waals surface area contributed by atoms with Gasteiger partial charge in [0.2, 0.25) is 0 Å². The summed E-state index contributed by atoms with van der Waals surface area (Å²) in [6.07, 6.45) is 8.18. The number of aromatic amines is 1. The molecule has 1 aliphatic rings. The largest absolute Gasteiger partial charge is 0.341 e. The van der Waals surface area contributed by atoms with E-state index in [1.807, 2.05) is 0 Å². The maximum Gasteiger partial charge on any atom is 0.292 e. The Bertz CT molecular complexity index is 528. The third kappa shape index (κ3) is 1.82. The van der Waals surface area contributed by atoms with Crippen molar-refractivity contribution in [2.75, 3.05) is 5.32 Å². The minimum absolute atomic E-state index is 0.233. The molecule has 0 saturated carbocycles. The van der Waals surface area contributed by atoms with Gasteiger partial charge in [0.05, 0.1) is 6.20 Å². The van der Waals surface area contributed by atoms with Gasteiger partial charge in [-0.15, -0.1) is 0 Å². The van der Waals surface area contributed by atoms with E-state index in [0.29, 0.717) is 5.82 Å². The van der Waals surface area contributed by atoms with Gasteiger partial charge in [0, 0.05) is 25.4 Å². The van der Waals surface area contributed by atoms with E-state index in [1.54, 1.807) is 18.6 Å². The van der Waals surface area contributed by atoms with Crippen molar-refractivity contribution in [3.63, 3.8) is 0 Å². The van der Waals surface area contributed by atoms with Crippen molar-refractivity contribution in [3.8, 4) is 0 Å². The van der Waals surface area contributed by atoms with Gasteiger partial charge in [-0.05, 0) is 12.8 Å². The molecule has 0 aromatic carbocycles. The molecular weight excluding hydrogens is 218 g/mol. The number of anilines is 1. The molecule has 0 unspecified atom stereocenters. The Labute approximate surface area is 98.1 Å². The second kappa shape index (κ2) is 4.04. The number of carbonyl (C=O) groups is 1. The topological polar surface area (TPSA) is 75.6 Å². The smallest absolute Gasteiger partial charge is 0.292 e. The summed E-state index contributed by atoms with van der Waals surface area (Å²) in [5.41, 5.74) is 0. The summed E-state index contributed by atoms with van der Waals surface area (Å²) in [4.78, 5) is 22.8. The normalized spacial score (nSPS) is 14.4. The number of rotatable bonds is 2. The van der Waals surface area contributed by atoms with Crippen LogP contribution in [0.2, 0.25) is 0 Å². The van der Waals surface area contributed by atoms with Gasteiger partial charge < -0.3 is 14.9 Å². The van der Waals surface area contributed by atoms with Gasteiger partial charge in [0.25, 0.3) is 5.91 Å². The average molecular weight is 231 g/mol. The molecule has 0 bridgehead atoms. The number of aromatic nitrogens is 4. The van der Waals surface area contributed by atoms with Crippen LogP contribution in [0.5, 0.6) is 0 Å². The summed E-state index contributed by atoms with van der Waals surface area (Å²) >= 11 is 0. The Morgan fingerprint density at radius 3 is 3.18 bits per heavy atom. The molecule has 2 N–H and O–H groups in total. The number of hydrogen-bond donors (Lipinski definition) is 2. The number of carbonyl (C=O) groups excluding carboxylic acids is 1. The lowest BCUT2D eigenvalue weighted by molar-refractivity contribution is 0.101. The summed E-state index contributed by atoms with van der Waals surface area (Å²) in [6.45, 7) is 0.920. The number of hydrogen-bond acceptors (Lipinski definition) is 3. The predicted molar refractivity (Wildman–Crippen MR) is 61.7 cm³/mol. The van der Waals surface area contributed by atoms with Gasteiger partial charge >= 0.3 is 0 Å². The summed E-state index contributed by atoms with van der Waals surface area (Å²) < 4.78 is 2.06. The Morgan fingerprint density at radius 1 is 1.41 bits per heavy atom. The van der Waals surface area contributed by atoms with Crippen LogP contribution in [-0.2, 0) is 13.0 Å². The van der Waals surface area contributed by atoms with Crippen molar-refractivity contribution in [3.05, 3.63) is 30.2 Å². The second-order valence-electron chi connectivity index (χ2n) is 4.06. The van der Waals surface area contributed by atoms with Crippen LogP contribution in [0, 0.1) is 0 Å². The summed E-state index contributed by atoms with van der Waals surface area (Å²) in [5, 5.41) is 2.82. The Kier molecular flexibility index (Phi) is 2.40. The molecule has 0 atom stereocenters. The highest BCUT2D eigenvalue weighted by Crippen LogP contribution is 2.19. The number of amides is 1. The minimum atomic E-state index is -0.233. The van der Waals surface area contributed by atoms with E-state index in [-0.39, 0.29) is 5.91 Å². The maximum absolute atomic E-state index is 11.8. The molecule has 88 valence electrons. The lowest BCUT2D eigenvalue weighted by Crippen LogP contribution is -2.19. The first-order valence-electron chi connectivity index (χ1n) is 5.70. The van der Waals surface area contributed by atoms with Gasteiger partial charge in [0.1, 0.15) is 11.6 Å². The summed E-state index contributed by atoms with van der Waals surface area (Å²) in [5.74, 6) is 1.88. The van der Waals surface area contributed by atoms with Crippen LogP contribution < -0.4 is 5.32 Å². The molecule has 3 heterocycles. The molecule has 0 saturated heterocycles. The molecule has 0 fully saturated rings. The van der Waals surface area contributed by atoms with E-state index in [4.69, 9.17) is 0 Å². The van der Waals surface area contributed by atoms with Crippen LogP contribution in [0.15, 0.2) is 18.6 Å². The van der Waals surface area contributed by atoms with Crippen molar-refractivity contribution in [1.82, 2.24) is 19.5 Å². The standard InChI is InChI=1S/C11H13N5O/c17-11(10-12-4-5-13-10)15-9-7-14-8-3-1-2-6-16(8)9/h4-5,7H,1-3,6H2,(H,12,13)(H,15,17). The van der Waals surface area contributed by atoms with Gasteiger partial charge in [0.15, 0.2) is 5.82 Å². The fourth-order valence-corrected chi connectivity index (χ4v) is 2.08. The Morgan fingerprint density at radius 2 is 2.35 bits per heavy atom. The molecule has 2 aromatic rings. The van der Waals surface area contributed by atoms with Crippen LogP contribution in [0.1, 0.15) is 29.3 Å². The third-order valence-corrected chi connectivity index (χ3v) is 2.93. The van der Waals surface area contributed by atoms with E-state index >= 15 is 0 Å². The van der Waals surface area contributed by atoms with Crippen molar-refractivity contribution in [1.29, 1.82) is 0 Å². The molecule has 6 nitrogen and oxygen atoms in total.